The summed E-state index contributed by atoms with van der Waals surface area (Å²) in [5.74, 6) is -0.182. The summed E-state index contributed by atoms with van der Waals surface area (Å²) in [6, 6.07) is 3.49. The van der Waals surface area contributed by atoms with Gasteiger partial charge >= 0.3 is 0 Å². The smallest absolute Gasteiger partial charge is 0.270 e. The molecule has 0 aliphatic rings. The molecule has 0 fully saturated rings. The summed E-state index contributed by atoms with van der Waals surface area (Å²) in [6.07, 6.45) is 3.04. The number of aliphatic hydroxyl groups is 1. The Bertz CT molecular complexity index is 340. The van der Waals surface area contributed by atoms with Crippen LogP contribution in [0.3, 0.4) is 0 Å². The second-order valence-electron chi connectivity index (χ2n) is 3.60. The van der Waals surface area contributed by atoms with E-state index in [2.05, 4.69) is 26.2 Å². The van der Waals surface area contributed by atoms with Crippen LogP contribution in [0.2, 0.25) is 0 Å². The van der Waals surface area contributed by atoms with Crippen LogP contribution in [0.5, 0.6) is 0 Å². The summed E-state index contributed by atoms with van der Waals surface area (Å²) in [4.78, 5) is 15.7. The van der Waals surface area contributed by atoms with Crippen molar-refractivity contribution < 1.29 is 9.90 Å². The molecule has 0 aromatic carbocycles. The molecule has 88 valence electrons. The molecular formula is C11H15BrN2O2. The van der Waals surface area contributed by atoms with Gasteiger partial charge in [0.25, 0.3) is 5.91 Å². The Hall–Kier alpha value is -0.940. The van der Waals surface area contributed by atoms with Crippen molar-refractivity contribution in [2.75, 3.05) is 6.61 Å². The maximum atomic E-state index is 11.7. The minimum Gasteiger partial charge on any atom is -0.396 e. The molecule has 16 heavy (non-hydrogen) atoms. The van der Waals surface area contributed by atoms with E-state index in [9.17, 15) is 4.79 Å². The van der Waals surface area contributed by atoms with Gasteiger partial charge in [-0.3, -0.25) is 4.79 Å². The molecule has 1 aromatic rings. The molecule has 0 spiro atoms. The van der Waals surface area contributed by atoms with Crippen molar-refractivity contribution in [1.82, 2.24) is 10.3 Å². The fraction of sp³-hybridized carbons (Fsp3) is 0.455. The number of amides is 1. The van der Waals surface area contributed by atoms with Crippen LogP contribution in [0.4, 0.5) is 0 Å². The van der Waals surface area contributed by atoms with Crippen molar-refractivity contribution >= 4 is 21.8 Å². The van der Waals surface area contributed by atoms with E-state index < -0.39 is 0 Å². The maximum absolute atomic E-state index is 11.7. The number of rotatable bonds is 5. The maximum Gasteiger partial charge on any atom is 0.270 e. The van der Waals surface area contributed by atoms with Crippen LogP contribution >= 0.6 is 15.9 Å². The topological polar surface area (TPSA) is 62.2 Å². The molecule has 4 nitrogen and oxygen atoms in total. The van der Waals surface area contributed by atoms with Crippen LogP contribution in [0.15, 0.2) is 22.8 Å². The van der Waals surface area contributed by atoms with Crippen LogP contribution in [-0.4, -0.2) is 28.6 Å². The largest absolute Gasteiger partial charge is 0.396 e. The van der Waals surface area contributed by atoms with Gasteiger partial charge in [0.1, 0.15) is 5.69 Å². The highest BCUT2D eigenvalue weighted by atomic mass is 79.9. The number of aromatic nitrogens is 1. The number of pyridine rings is 1. The average Bonchev–Trinajstić information content (AvgIpc) is 2.27. The molecule has 1 aromatic heterocycles. The van der Waals surface area contributed by atoms with Gasteiger partial charge in [-0.1, -0.05) is 0 Å². The fourth-order valence-corrected chi connectivity index (χ4v) is 1.51. The third kappa shape index (κ3) is 4.28. The predicted molar refractivity (Wildman–Crippen MR) is 65.2 cm³/mol. The van der Waals surface area contributed by atoms with Gasteiger partial charge in [0.05, 0.1) is 0 Å². The van der Waals surface area contributed by atoms with Gasteiger partial charge in [-0.15, -0.1) is 0 Å². The Morgan fingerprint density at radius 1 is 1.62 bits per heavy atom. The molecule has 2 N–H and O–H groups in total. The first-order chi connectivity index (χ1) is 7.63. The van der Waals surface area contributed by atoms with Crippen molar-refractivity contribution in [2.24, 2.45) is 0 Å². The van der Waals surface area contributed by atoms with Gasteiger partial charge < -0.3 is 10.4 Å². The van der Waals surface area contributed by atoms with Crippen molar-refractivity contribution in [3.8, 4) is 0 Å². The Morgan fingerprint density at radius 2 is 2.38 bits per heavy atom. The lowest BCUT2D eigenvalue weighted by molar-refractivity contribution is 0.0931. The lowest BCUT2D eigenvalue weighted by Gasteiger charge is -2.12. The number of carbonyl (C=O) groups excluding carboxylic acids is 1. The van der Waals surface area contributed by atoms with Gasteiger partial charge in [-0.25, -0.2) is 4.98 Å². The predicted octanol–water partition coefficient (Wildman–Crippen LogP) is 1.73. The lowest BCUT2D eigenvalue weighted by Crippen LogP contribution is -2.33. The number of hydrogen-bond donors (Lipinski definition) is 2. The SMILES string of the molecule is CC(CCCO)NC(=O)c1ccc(Br)cn1. The van der Waals surface area contributed by atoms with E-state index >= 15 is 0 Å². The number of nitrogens with zero attached hydrogens (tertiary/aromatic N) is 1. The zero-order valence-corrected chi connectivity index (χ0v) is 10.7. The summed E-state index contributed by atoms with van der Waals surface area (Å²) in [5, 5.41) is 11.5. The fourth-order valence-electron chi connectivity index (χ4n) is 1.28. The Labute approximate surface area is 103 Å². The van der Waals surface area contributed by atoms with Gasteiger partial charge in [-0.05, 0) is 47.8 Å². The zero-order valence-electron chi connectivity index (χ0n) is 9.11. The van der Waals surface area contributed by atoms with E-state index in [0.29, 0.717) is 12.1 Å². The van der Waals surface area contributed by atoms with Crippen molar-refractivity contribution in [1.29, 1.82) is 0 Å². The second-order valence-corrected chi connectivity index (χ2v) is 4.52. The summed E-state index contributed by atoms with van der Waals surface area (Å²) in [6.45, 7) is 2.06. The number of halogens is 1. The van der Waals surface area contributed by atoms with E-state index in [1.165, 1.54) is 0 Å². The third-order valence-electron chi connectivity index (χ3n) is 2.13. The van der Waals surface area contributed by atoms with Gasteiger partial charge in [0.2, 0.25) is 0 Å². The number of nitrogens with one attached hydrogen (secondary N) is 1. The van der Waals surface area contributed by atoms with Crippen molar-refractivity contribution in [3.05, 3.63) is 28.5 Å². The third-order valence-corrected chi connectivity index (χ3v) is 2.60. The molecule has 1 unspecified atom stereocenters. The monoisotopic (exact) mass is 286 g/mol. The van der Waals surface area contributed by atoms with Crippen LogP contribution in [0.25, 0.3) is 0 Å². The zero-order chi connectivity index (χ0) is 12.0. The first kappa shape index (κ1) is 13.1. The average molecular weight is 287 g/mol. The minimum atomic E-state index is -0.182. The molecule has 5 heteroatoms. The summed E-state index contributed by atoms with van der Waals surface area (Å²) in [7, 11) is 0. The van der Waals surface area contributed by atoms with Crippen molar-refractivity contribution in [3.63, 3.8) is 0 Å². The van der Waals surface area contributed by atoms with Crippen LogP contribution in [0, 0.1) is 0 Å². The van der Waals surface area contributed by atoms with Crippen LogP contribution in [-0.2, 0) is 0 Å². The van der Waals surface area contributed by atoms with E-state index in [1.807, 2.05) is 6.92 Å². The highest BCUT2D eigenvalue weighted by Gasteiger charge is 2.10. The summed E-state index contributed by atoms with van der Waals surface area (Å²) in [5.41, 5.74) is 0.402. The number of carbonyl (C=O) groups is 1. The van der Waals surface area contributed by atoms with E-state index in [4.69, 9.17) is 5.11 Å². The summed E-state index contributed by atoms with van der Waals surface area (Å²) < 4.78 is 0.845. The number of aliphatic hydroxyl groups excluding tert-OH is 1. The highest BCUT2D eigenvalue weighted by molar-refractivity contribution is 9.10. The highest BCUT2D eigenvalue weighted by Crippen LogP contribution is 2.07. The van der Waals surface area contributed by atoms with Crippen LogP contribution in [0.1, 0.15) is 30.3 Å². The molecule has 0 aliphatic heterocycles. The molecule has 0 radical (unpaired) electrons. The first-order valence-electron chi connectivity index (χ1n) is 5.16. The van der Waals surface area contributed by atoms with Crippen LogP contribution < -0.4 is 5.32 Å². The lowest BCUT2D eigenvalue weighted by atomic mass is 10.2. The van der Waals surface area contributed by atoms with Crippen molar-refractivity contribution in [2.45, 2.75) is 25.8 Å². The molecule has 1 amide bonds. The summed E-state index contributed by atoms with van der Waals surface area (Å²) >= 11 is 3.26. The molecule has 0 saturated heterocycles. The van der Waals surface area contributed by atoms with E-state index in [1.54, 1.807) is 18.3 Å². The molecule has 1 rings (SSSR count). The van der Waals surface area contributed by atoms with E-state index in [0.717, 1.165) is 10.9 Å². The quantitative estimate of drug-likeness (QED) is 0.867. The molecule has 0 saturated carbocycles. The Kier molecular flexibility index (Phi) is 5.42. The Morgan fingerprint density at radius 3 is 2.94 bits per heavy atom. The number of hydrogen-bond acceptors (Lipinski definition) is 3. The second kappa shape index (κ2) is 6.60. The van der Waals surface area contributed by atoms with Gasteiger partial charge in [-0.2, -0.15) is 0 Å². The van der Waals surface area contributed by atoms with Gasteiger partial charge in [0.15, 0.2) is 0 Å². The Balaban J connectivity index is 2.48. The minimum absolute atomic E-state index is 0.0464. The van der Waals surface area contributed by atoms with E-state index in [-0.39, 0.29) is 18.6 Å². The first-order valence-corrected chi connectivity index (χ1v) is 5.96. The standard InChI is InChI=1S/C11H15BrN2O2/c1-8(3-2-6-15)14-11(16)10-5-4-9(12)7-13-10/h4-5,7-8,15H,2-3,6H2,1H3,(H,14,16). The molecule has 0 bridgehead atoms. The molecular weight excluding hydrogens is 272 g/mol. The molecule has 0 aliphatic carbocycles. The molecule has 1 heterocycles. The van der Waals surface area contributed by atoms with Gasteiger partial charge in [0, 0.05) is 23.3 Å². The normalized spacial score (nSPS) is 12.2. The molecule has 1 atom stereocenters.